The van der Waals surface area contributed by atoms with Crippen LogP contribution in [0.25, 0.3) is 0 Å². The zero-order valence-corrected chi connectivity index (χ0v) is 15.4. The number of benzene rings is 2. The highest BCUT2D eigenvalue weighted by atomic mass is 19.1. The average molecular weight is 376 g/mol. The monoisotopic (exact) mass is 376 g/mol. The quantitative estimate of drug-likeness (QED) is 0.718. The number of hydrogen-bond donors (Lipinski definition) is 3. The van der Waals surface area contributed by atoms with Crippen molar-refractivity contribution in [2.45, 2.75) is 13.3 Å². The Hall–Kier alpha value is -3.16. The Balaban J connectivity index is 2.17. The molecule has 27 heavy (non-hydrogen) atoms. The van der Waals surface area contributed by atoms with Crippen LogP contribution in [0.15, 0.2) is 36.4 Å². The predicted octanol–water partition coefficient (Wildman–Crippen LogP) is 3.81. The lowest BCUT2D eigenvalue weighted by molar-refractivity contribution is 0.0954. The molecule has 0 spiro atoms. The Bertz CT molecular complexity index is 840. The first kappa shape index (κ1) is 20.2. The van der Waals surface area contributed by atoms with Crippen LogP contribution in [0, 0.1) is 11.6 Å². The second-order valence-electron chi connectivity index (χ2n) is 6.09. The third kappa shape index (κ3) is 5.40. The van der Waals surface area contributed by atoms with Crippen molar-refractivity contribution < 1.29 is 18.4 Å². The van der Waals surface area contributed by atoms with Gasteiger partial charge in [0.15, 0.2) is 0 Å². The molecule has 2 aromatic rings. The second-order valence-corrected chi connectivity index (χ2v) is 6.09. The first-order valence-electron chi connectivity index (χ1n) is 8.44. The number of carbonyl (C=O) groups is 2. The van der Waals surface area contributed by atoms with Crippen LogP contribution in [0.4, 0.5) is 30.6 Å². The van der Waals surface area contributed by atoms with E-state index in [1.54, 1.807) is 23.1 Å². The van der Waals surface area contributed by atoms with Gasteiger partial charge in [0.05, 0.1) is 11.3 Å². The molecule has 0 radical (unpaired) electrons. The summed E-state index contributed by atoms with van der Waals surface area (Å²) in [5.41, 5.74) is 1.31. The number of amides is 3. The fraction of sp³-hybridized carbons (Fsp3) is 0.263. The summed E-state index contributed by atoms with van der Waals surface area (Å²) in [4.78, 5) is 26.3. The van der Waals surface area contributed by atoms with Gasteiger partial charge in [-0.15, -0.1) is 0 Å². The number of hydrogen-bond acceptors (Lipinski definition) is 3. The predicted molar refractivity (Wildman–Crippen MR) is 102 cm³/mol. The second kappa shape index (κ2) is 8.98. The number of urea groups is 1. The highest BCUT2D eigenvalue weighted by Crippen LogP contribution is 2.23. The van der Waals surface area contributed by atoms with E-state index in [-0.39, 0.29) is 11.6 Å². The van der Waals surface area contributed by atoms with Crippen molar-refractivity contribution in [1.29, 1.82) is 0 Å². The number of rotatable bonds is 6. The van der Waals surface area contributed by atoms with E-state index in [4.69, 9.17) is 0 Å². The zero-order chi connectivity index (χ0) is 20.0. The van der Waals surface area contributed by atoms with Gasteiger partial charge >= 0.3 is 6.03 Å². The molecule has 8 heteroatoms. The van der Waals surface area contributed by atoms with Gasteiger partial charge in [0, 0.05) is 38.1 Å². The minimum atomic E-state index is -0.882. The van der Waals surface area contributed by atoms with E-state index in [1.807, 2.05) is 21.0 Å². The topological polar surface area (TPSA) is 73.5 Å². The minimum Gasteiger partial charge on any atom is -0.377 e. The third-order valence-corrected chi connectivity index (χ3v) is 3.70. The number of halogens is 2. The summed E-state index contributed by atoms with van der Waals surface area (Å²) in [6.07, 6.45) is 0.798. The smallest absolute Gasteiger partial charge is 0.323 e. The van der Waals surface area contributed by atoms with Crippen molar-refractivity contribution >= 4 is 29.0 Å². The van der Waals surface area contributed by atoms with E-state index >= 15 is 0 Å². The van der Waals surface area contributed by atoms with Crippen molar-refractivity contribution in [3.8, 4) is 0 Å². The Kier molecular flexibility index (Phi) is 6.70. The molecule has 0 heterocycles. The van der Waals surface area contributed by atoms with E-state index in [9.17, 15) is 18.4 Å². The fourth-order valence-corrected chi connectivity index (χ4v) is 2.39. The van der Waals surface area contributed by atoms with E-state index in [2.05, 4.69) is 16.0 Å². The van der Waals surface area contributed by atoms with Gasteiger partial charge in [-0.25, -0.2) is 13.6 Å². The van der Waals surface area contributed by atoms with Gasteiger partial charge in [-0.2, -0.15) is 0 Å². The van der Waals surface area contributed by atoms with Crippen molar-refractivity contribution in [2.75, 3.05) is 36.2 Å². The molecule has 3 amide bonds. The van der Waals surface area contributed by atoms with Crippen molar-refractivity contribution in [1.82, 2.24) is 5.32 Å². The first-order valence-corrected chi connectivity index (χ1v) is 8.44. The van der Waals surface area contributed by atoms with E-state index in [0.717, 1.165) is 18.6 Å². The molecule has 3 N–H and O–H groups in total. The van der Waals surface area contributed by atoms with E-state index in [1.165, 1.54) is 0 Å². The molecular formula is C19H22F2N4O2. The summed E-state index contributed by atoms with van der Waals surface area (Å²) >= 11 is 0. The highest BCUT2D eigenvalue weighted by molar-refractivity contribution is 6.04. The molecule has 6 nitrogen and oxygen atoms in total. The molecule has 2 aromatic carbocycles. The summed E-state index contributed by atoms with van der Waals surface area (Å²) in [5.74, 6) is -1.87. The molecule has 0 aliphatic rings. The number of nitrogens with zero attached hydrogens (tertiary/aromatic N) is 1. The molecule has 0 aromatic heterocycles. The van der Waals surface area contributed by atoms with Crippen LogP contribution < -0.4 is 20.9 Å². The van der Waals surface area contributed by atoms with Gasteiger partial charge in [-0.3, -0.25) is 4.79 Å². The van der Waals surface area contributed by atoms with Crippen LogP contribution in [0.5, 0.6) is 0 Å². The molecular weight excluding hydrogens is 354 g/mol. The molecule has 0 saturated carbocycles. The van der Waals surface area contributed by atoms with Crippen molar-refractivity contribution in [3.63, 3.8) is 0 Å². The van der Waals surface area contributed by atoms with Crippen LogP contribution in [0.2, 0.25) is 0 Å². The van der Waals surface area contributed by atoms with Gasteiger partial charge in [0.2, 0.25) is 0 Å². The molecule has 0 unspecified atom stereocenters. The van der Waals surface area contributed by atoms with Crippen LogP contribution in [0.1, 0.15) is 23.7 Å². The minimum absolute atomic E-state index is 0.153. The highest BCUT2D eigenvalue weighted by Gasteiger charge is 2.15. The van der Waals surface area contributed by atoms with Gasteiger partial charge in [0.25, 0.3) is 5.91 Å². The van der Waals surface area contributed by atoms with Gasteiger partial charge in [-0.1, -0.05) is 6.92 Å². The fourth-order valence-electron chi connectivity index (χ4n) is 2.39. The molecule has 144 valence electrons. The summed E-state index contributed by atoms with van der Waals surface area (Å²) in [6.45, 7) is 2.48. The molecule has 0 fully saturated rings. The van der Waals surface area contributed by atoms with Crippen LogP contribution >= 0.6 is 0 Å². The average Bonchev–Trinajstić information content (AvgIpc) is 2.61. The summed E-state index contributed by atoms with van der Waals surface area (Å²) in [7, 11) is 3.62. The molecule has 0 atom stereocenters. The lowest BCUT2D eigenvalue weighted by Gasteiger charge is -2.18. The maximum absolute atomic E-state index is 13.6. The zero-order valence-electron chi connectivity index (χ0n) is 15.4. The van der Waals surface area contributed by atoms with Gasteiger partial charge in [0.1, 0.15) is 11.6 Å². The van der Waals surface area contributed by atoms with Gasteiger partial charge in [-0.05, 0) is 36.8 Å². The standard InChI is InChI=1S/C19H22F2N4O2/c1-4-9-22-18(26)14-11-13(6-8-17(14)25(2)3)23-19(27)24-16-7-5-12(20)10-15(16)21/h5-8,10-11H,4,9H2,1-3H3,(H,22,26)(H2,23,24,27). The number of anilines is 3. The summed E-state index contributed by atoms with van der Waals surface area (Å²) in [5, 5.41) is 7.64. The van der Waals surface area contributed by atoms with Crippen LogP contribution in [0.3, 0.4) is 0 Å². The van der Waals surface area contributed by atoms with Crippen molar-refractivity contribution in [2.24, 2.45) is 0 Å². The third-order valence-electron chi connectivity index (χ3n) is 3.70. The van der Waals surface area contributed by atoms with Crippen LogP contribution in [-0.2, 0) is 0 Å². The molecule has 0 saturated heterocycles. The van der Waals surface area contributed by atoms with Crippen molar-refractivity contribution in [3.05, 3.63) is 53.6 Å². The summed E-state index contributed by atoms with van der Waals surface area (Å²) in [6, 6.07) is 7.02. The normalized spacial score (nSPS) is 10.3. The summed E-state index contributed by atoms with van der Waals surface area (Å²) < 4.78 is 26.6. The maximum atomic E-state index is 13.6. The Labute approximate surface area is 156 Å². The van der Waals surface area contributed by atoms with E-state index < -0.39 is 17.7 Å². The molecule has 0 aliphatic carbocycles. The Morgan fingerprint density at radius 1 is 1.04 bits per heavy atom. The Morgan fingerprint density at radius 2 is 1.78 bits per heavy atom. The number of nitrogens with one attached hydrogen (secondary N) is 3. The molecule has 2 rings (SSSR count). The SMILES string of the molecule is CCCNC(=O)c1cc(NC(=O)Nc2ccc(F)cc2F)ccc1N(C)C. The Morgan fingerprint density at radius 3 is 2.41 bits per heavy atom. The number of carbonyl (C=O) groups excluding carboxylic acids is 2. The van der Waals surface area contributed by atoms with Gasteiger partial charge < -0.3 is 20.9 Å². The van der Waals surface area contributed by atoms with Crippen LogP contribution in [-0.4, -0.2) is 32.6 Å². The van der Waals surface area contributed by atoms with E-state index in [0.29, 0.717) is 29.5 Å². The lowest BCUT2D eigenvalue weighted by Crippen LogP contribution is -2.27. The molecule has 0 aliphatic heterocycles. The largest absolute Gasteiger partial charge is 0.377 e. The first-order chi connectivity index (χ1) is 12.8. The molecule has 0 bridgehead atoms. The maximum Gasteiger partial charge on any atom is 0.323 e. The lowest BCUT2D eigenvalue weighted by atomic mass is 10.1.